The highest BCUT2D eigenvalue weighted by Gasteiger charge is 2.11. The average molecular weight is 372 g/mol. The minimum Gasteiger partial charge on any atom is -0.465 e. The molecule has 0 aromatic heterocycles. The Morgan fingerprint density at radius 2 is 1.73 bits per heavy atom. The molecule has 0 spiro atoms. The van der Waals surface area contributed by atoms with Gasteiger partial charge in [0.2, 0.25) is 0 Å². The predicted octanol–water partition coefficient (Wildman–Crippen LogP) is 4.52. The number of benzene rings is 2. The molecule has 26 heavy (non-hydrogen) atoms. The zero-order chi connectivity index (χ0) is 18.8. The number of nitrogens with two attached hydrogens (primary N) is 1. The minimum atomic E-state index is -0.307. The third-order valence-corrected chi connectivity index (χ3v) is 5.25. The molecule has 2 aromatic rings. The topological polar surface area (TPSA) is 69.4 Å². The van der Waals surface area contributed by atoms with Crippen molar-refractivity contribution in [2.24, 2.45) is 0 Å². The number of hydrogen-bond acceptors (Lipinski definition) is 5. The fraction of sp³-hybridized carbons (Fsp3) is 0.333. The second-order valence-corrected chi connectivity index (χ2v) is 7.20. The Morgan fingerprint density at radius 1 is 1.00 bits per heavy atom. The van der Waals surface area contributed by atoms with Crippen LogP contribution in [0, 0.1) is 0 Å². The predicted molar refractivity (Wildman–Crippen MR) is 107 cm³/mol. The largest absolute Gasteiger partial charge is 0.465 e. The summed E-state index contributed by atoms with van der Waals surface area (Å²) in [5.41, 5.74) is 8.07. The number of ketones is 1. The maximum absolute atomic E-state index is 12.1. The number of hydrogen-bond donors (Lipinski definition) is 1. The number of anilines is 1. The lowest BCUT2D eigenvalue weighted by Crippen LogP contribution is -2.05. The molecule has 138 valence electrons. The summed E-state index contributed by atoms with van der Waals surface area (Å²) in [5.74, 6) is 0.832. The number of Topliss-reactive ketones (excluding diaryl/α,β-unsaturated/α-hetero) is 1. The highest BCUT2D eigenvalue weighted by atomic mass is 32.2. The molecule has 2 rings (SSSR count). The van der Waals surface area contributed by atoms with Crippen molar-refractivity contribution in [2.45, 2.75) is 37.0 Å². The van der Waals surface area contributed by atoms with Gasteiger partial charge in [-0.25, -0.2) is 4.79 Å². The second-order valence-electron chi connectivity index (χ2n) is 6.06. The Balaban J connectivity index is 1.66. The van der Waals surface area contributed by atoms with Gasteiger partial charge in [-0.3, -0.25) is 4.79 Å². The van der Waals surface area contributed by atoms with Crippen molar-refractivity contribution in [3.63, 3.8) is 0 Å². The average Bonchev–Trinajstić information content (AvgIpc) is 2.66. The lowest BCUT2D eigenvalue weighted by Gasteiger charge is -2.07. The van der Waals surface area contributed by atoms with Gasteiger partial charge in [0.1, 0.15) is 5.78 Å². The van der Waals surface area contributed by atoms with E-state index in [0.717, 1.165) is 35.5 Å². The molecule has 2 N–H and O–H groups in total. The molecular formula is C21H25NO3S. The van der Waals surface area contributed by atoms with E-state index in [4.69, 9.17) is 10.5 Å². The number of rotatable bonds is 10. The van der Waals surface area contributed by atoms with E-state index in [2.05, 4.69) is 0 Å². The first-order valence-corrected chi connectivity index (χ1v) is 9.75. The van der Waals surface area contributed by atoms with Gasteiger partial charge < -0.3 is 10.5 Å². The van der Waals surface area contributed by atoms with Crippen molar-refractivity contribution in [3.05, 3.63) is 59.7 Å². The first-order chi connectivity index (χ1) is 12.6. The van der Waals surface area contributed by atoms with Crippen LogP contribution in [0.2, 0.25) is 0 Å². The first-order valence-electron chi connectivity index (χ1n) is 8.77. The Bertz CT molecular complexity index is 746. The van der Waals surface area contributed by atoms with Crippen LogP contribution in [0.3, 0.4) is 0 Å². The van der Waals surface area contributed by atoms with Gasteiger partial charge in [-0.1, -0.05) is 36.8 Å². The van der Waals surface area contributed by atoms with Crippen LogP contribution in [0.4, 0.5) is 5.69 Å². The standard InChI is InChI=1S/C21H25NO3S/c1-25-21(24)18-11-5-7-13-20(18)26-14-8-2-3-10-17(23)15-16-9-4-6-12-19(16)22/h4-7,9,11-13H,2-3,8,10,14-15,22H2,1H3. The van der Waals surface area contributed by atoms with Crippen LogP contribution < -0.4 is 5.73 Å². The lowest BCUT2D eigenvalue weighted by molar-refractivity contribution is -0.118. The summed E-state index contributed by atoms with van der Waals surface area (Å²) in [6.45, 7) is 0. The van der Waals surface area contributed by atoms with E-state index < -0.39 is 0 Å². The number of methoxy groups -OCH3 is 1. The van der Waals surface area contributed by atoms with Crippen LogP contribution in [0.15, 0.2) is 53.4 Å². The van der Waals surface area contributed by atoms with Gasteiger partial charge in [-0.15, -0.1) is 11.8 Å². The molecule has 0 fully saturated rings. The van der Waals surface area contributed by atoms with Crippen molar-refractivity contribution in [3.8, 4) is 0 Å². The van der Waals surface area contributed by atoms with Crippen LogP contribution in [-0.4, -0.2) is 24.6 Å². The highest BCUT2D eigenvalue weighted by Crippen LogP contribution is 2.24. The van der Waals surface area contributed by atoms with E-state index >= 15 is 0 Å². The number of carbonyl (C=O) groups excluding carboxylic acids is 2. The SMILES string of the molecule is COC(=O)c1ccccc1SCCCCCC(=O)Cc1ccccc1N. The lowest BCUT2D eigenvalue weighted by atomic mass is 10.0. The maximum atomic E-state index is 12.1. The summed E-state index contributed by atoms with van der Waals surface area (Å²) in [6, 6.07) is 15.0. The van der Waals surface area contributed by atoms with Gasteiger partial charge >= 0.3 is 5.97 Å². The summed E-state index contributed by atoms with van der Waals surface area (Å²) in [6.07, 6.45) is 3.86. The van der Waals surface area contributed by atoms with Crippen molar-refractivity contribution < 1.29 is 14.3 Å². The number of para-hydroxylation sites is 1. The van der Waals surface area contributed by atoms with Crippen molar-refractivity contribution >= 4 is 29.2 Å². The molecule has 0 saturated heterocycles. The fourth-order valence-electron chi connectivity index (χ4n) is 2.65. The Labute approximate surface area is 159 Å². The molecular weight excluding hydrogens is 346 g/mol. The van der Waals surface area contributed by atoms with Gasteiger partial charge in [0.05, 0.1) is 12.7 Å². The molecule has 0 saturated carbocycles. The molecule has 4 nitrogen and oxygen atoms in total. The van der Waals surface area contributed by atoms with Crippen LogP contribution in [-0.2, 0) is 16.0 Å². The van der Waals surface area contributed by atoms with Gasteiger partial charge in [0.15, 0.2) is 0 Å². The normalized spacial score (nSPS) is 10.5. The van der Waals surface area contributed by atoms with Gasteiger partial charge in [0, 0.05) is 23.4 Å². The van der Waals surface area contributed by atoms with Gasteiger partial charge in [0.25, 0.3) is 0 Å². The summed E-state index contributed by atoms with van der Waals surface area (Å²) in [7, 11) is 1.39. The van der Waals surface area contributed by atoms with E-state index in [1.807, 2.05) is 42.5 Å². The Kier molecular flexibility index (Phi) is 8.22. The number of nitrogen functional groups attached to an aromatic ring is 1. The molecule has 0 aliphatic carbocycles. The quantitative estimate of drug-likeness (QED) is 0.288. The Morgan fingerprint density at radius 3 is 2.50 bits per heavy atom. The summed E-state index contributed by atoms with van der Waals surface area (Å²) < 4.78 is 4.81. The van der Waals surface area contributed by atoms with E-state index in [1.165, 1.54) is 7.11 Å². The minimum absolute atomic E-state index is 0.228. The molecule has 0 unspecified atom stereocenters. The van der Waals surface area contributed by atoms with Gasteiger partial charge in [-0.2, -0.15) is 0 Å². The molecule has 5 heteroatoms. The molecule has 0 aliphatic heterocycles. The zero-order valence-corrected chi connectivity index (χ0v) is 15.9. The van der Waals surface area contributed by atoms with E-state index in [-0.39, 0.29) is 11.8 Å². The fourth-order valence-corrected chi connectivity index (χ4v) is 3.70. The summed E-state index contributed by atoms with van der Waals surface area (Å²) >= 11 is 1.65. The third-order valence-electron chi connectivity index (χ3n) is 4.09. The van der Waals surface area contributed by atoms with E-state index in [9.17, 15) is 9.59 Å². The Hall–Kier alpha value is -2.27. The molecule has 0 amide bonds. The van der Waals surface area contributed by atoms with Gasteiger partial charge in [-0.05, 0) is 42.4 Å². The highest BCUT2D eigenvalue weighted by molar-refractivity contribution is 7.99. The summed E-state index contributed by atoms with van der Waals surface area (Å²) in [5, 5.41) is 0. The molecule has 0 aliphatic rings. The smallest absolute Gasteiger partial charge is 0.338 e. The first kappa shape index (κ1) is 20.0. The van der Waals surface area contributed by atoms with Crippen LogP contribution in [0.5, 0.6) is 0 Å². The number of esters is 1. The molecule has 2 aromatic carbocycles. The number of ether oxygens (including phenoxy) is 1. The number of thioether (sulfide) groups is 1. The zero-order valence-electron chi connectivity index (χ0n) is 15.1. The molecule has 0 atom stereocenters. The summed E-state index contributed by atoms with van der Waals surface area (Å²) in [4.78, 5) is 24.7. The molecule has 0 heterocycles. The van der Waals surface area contributed by atoms with Crippen molar-refractivity contribution in [2.75, 3.05) is 18.6 Å². The van der Waals surface area contributed by atoms with Crippen LogP contribution in [0.25, 0.3) is 0 Å². The number of unbranched alkanes of at least 4 members (excludes halogenated alkanes) is 2. The van der Waals surface area contributed by atoms with Crippen molar-refractivity contribution in [1.29, 1.82) is 0 Å². The molecule has 0 bridgehead atoms. The number of carbonyl (C=O) groups is 2. The van der Waals surface area contributed by atoms with Crippen molar-refractivity contribution in [1.82, 2.24) is 0 Å². The van der Waals surface area contributed by atoms with E-state index in [1.54, 1.807) is 17.8 Å². The molecule has 0 radical (unpaired) electrons. The van der Waals surface area contributed by atoms with E-state index in [0.29, 0.717) is 24.1 Å². The van der Waals surface area contributed by atoms with Crippen LogP contribution in [0.1, 0.15) is 41.6 Å². The second kappa shape index (κ2) is 10.7. The third kappa shape index (κ3) is 6.23. The monoisotopic (exact) mass is 371 g/mol. The maximum Gasteiger partial charge on any atom is 0.338 e. The van der Waals surface area contributed by atoms with Crippen LogP contribution >= 0.6 is 11.8 Å².